The number of carbonyl (C=O) groups is 1. The van der Waals surface area contributed by atoms with Gasteiger partial charge >= 0.3 is 0 Å². The van der Waals surface area contributed by atoms with Crippen LogP contribution >= 0.6 is 0 Å². The molecule has 2 aliphatic heterocycles. The molecule has 2 aliphatic rings. The van der Waals surface area contributed by atoms with E-state index < -0.39 is 0 Å². The van der Waals surface area contributed by atoms with Crippen LogP contribution < -0.4 is 4.90 Å². The summed E-state index contributed by atoms with van der Waals surface area (Å²) in [6.45, 7) is 2.38. The van der Waals surface area contributed by atoms with Crippen LogP contribution in [-0.4, -0.2) is 54.7 Å². The Morgan fingerprint density at radius 2 is 2.18 bits per heavy atom. The van der Waals surface area contributed by atoms with Crippen molar-refractivity contribution in [3.8, 4) is 6.07 Å². The first-order valence-corrected chi connectivity index (χ1v) is 7.67. The molecule has 1 aromatic rings. The minimum absolute atomic E-state index is 0.0483. The average Bonchev–Trinajstić information content (AvgIpc) is 3.23. The molecule has 0 bridgehead atoms. The molecular formula is C16H20N4O2. The fraction of sp³-hybridized carbons (Fsp3) is 0.562. The van der Waals surface area contributed by atoms with E-state index in [1.807, 2.05) is 17.0 Å². The van der Waals surface area contributed by atoms with E-state index in [-0.39, 0.29) is 18.1 Å². The van der Waals surface area contributed by atoms with Crippen LogP contribution in [0.25, 0.3) is 0 Å². The lowest BCUT2D eigenvalue weighted by atomic mass is 10.1. The summed E-state index contributed by atoms with van der Waals surface area (Å²) in [5.74, 6) is 0.182. The normalized spacial score (nSPS) is 24.5. The van der Waals surface area contributed by atoms with E-state index in [0.717, 1.165) is 31.6 Å². The molecule has 0 radical (unpaired) electrons. The molecule has 6 heteroatoms. The number of methoxy groups -OCH3 is 1. The van der Waals surface area contributed by atoms with Gasteiger partial charge in [-0.3, -0.25) is 4.79 Å². The highest BCUT2D eigenvalue weighted by Gasteiger charge is 2.39. The number of rotatable bonds is 3. The van der Waals surface area contributed by atoms with Gasteiger partial charge in [-0.1, -0.05) is 0 Å². The van der Waals surface area contributed by atoms with Gasteiger partial charge in [-0.25, -0.2) is 4.98 Å². The largest absolute Gasteiger partial charge is 0.380 e. The molecule has 1 aromatic heterocycles. The van der Waals surface area contributed by atoms with Gasteiger partial charge < -0.3 is 14.5 Å². The third kappa shape index (κ3) is 2.77. The second-order valence-corrected chi connectivity index (χ2v) is 5.81. The van der Waals surface area contributed by atoms with Gasteiger partial charge in [0, 0.05) is 33.2 Å². The van der Waals surface area contributed by atoms with E-state index >= 15 is 0 Å². The first-order chi connectivity index (χ1) is 10.7. The highest BCUT2D eigenvalue weighted by atomic mass is 16.5. The molecule has 0 spiro atoms. The highest BCUT2D eigenvalue weighted by Crippen LogP contribution is 2.28. The third-order valence-electron chi connectivity index (χ3n) is 4.49. The van der Waals surface area contributed by atoms with Crippen LogP contribution in [-0.2, 0) is 9.53 Å². The molecule has 3 rings (SSSR count). The first-order valence-electron chi connectivity index (χ1n) is 7.67. The van der Waals surface area contributed by atoms with Crippen molar-refractivity contribution in [2.45, 2.75) is 31.4 Å². The maximum absolute atomic E-state index is 12.8. The van der Waals surface area contributed by atoms with Crippen molar-refractivity contribution < 1.29 is 9.53 Å². The molecule has 22 heavy (non-hydrogen) atoms. The number of nitriles is 1. The standard InChI is InChI=1S/C16H20N4O2/c1-22-14-8-15(16(21)19-6-2-3-7-19)20(11-14)13-5-4-12(9-17)18-10-13/h4-5,10,14-15H,2-3,6-8,11H2,1H3/t14-,15-/m0/s1. The number of carbonyl (C=O) groups excluding carboxylic acids is 1. The van der Waals surface area contributed by atoms with Crippen molar-refractivity contribution in [2.75, 3.05) is 31.6 Å². The quantitative estimate of drug-likeness (QED) is 0.838. The van der Waals surface area contributed by atoms with Crippen LogP contribution in [0, 0.1) is 11.3 Å². The van der Waals surface area contributed by atoms with Crippen LogP contribution in [0.3, 0.4) is 0 Å². The van der Waals surface area contributed by atoms with E-state index in [9.17, 15) is 4.79 Å². The monoisotopic (exact) mass is 300 g/mol. The summed E-state index contributed by atoms with van der Waals surface area (Å²) in [6, 6.07) is 5.36. The van der Waals surface area contributed by atoms with Crippen LogP contribution in [0.4, 0.5) is 5.69 Å². The van der Waals surface area contributed by atoms with Crippen molar-refractivity contribution in [3.63, 3.8) is 0 Å². The van der Waals surface area contributed by atoms with Crippen molar-refractivity contribution in [3.05, 3.63) is 24.0 Å². The highest BCUT2D eigenvalue weighted by molar-refractivity contribution is 5.86. The van der Waals surface area contributed by atoms with Gasteiger partial charge in [-0.05, 0) is 25.0 Å². The summed E-state index contributed by atoms with van der Waals surface area (Å²) in [6.07, 6.45) is 4.59. The molecule has 6 nitrogen and oxygen atoms in total. The summed E-state index contributed by atoms with van der Waals surface area (Å²) in [7, 11) is 1.68. The Kier molecular flexibility index (Phi) is 4.25. The number of hydrogen-bond acceptors (Lipinski definition) is 5. The Hall–Kier alpha value is -2.13. The van der Waals surface area contributed by atoms with E-state index in [1.165, 1.54) is 0 Å². The van der Waals surface area contributed by atoms with Crippen molar-refractivity contribution >= 4 is 11.6 Å². The predicted molar refractivity (Wildman–Crippen MR) is 81.3 cm³/mol. The van der Waals surface area contributed by atoms with Crippen molar-refractivity contribution in [1.29, 1.82) is 5.26 Å². The number of amides is 1. The Morgan fingerprint density at radius 1 is 1.41 bits per heavy atom. The molecule has 0 N–H and O–H groups in total. The minimum atomic E-state index is -0.196. The molecule has 2 fully saturated rings. The van der Waals surface area contributed by atoms with Gasteiger partial charge in [-0.15, -0.1) is 0 Å². The van der Waals surface area contributed by atoms with E-state index in [2.05, 4.69) is 9.88 Å². The second-order valence-electron chi connectivity index (χ2n) is 5.81. The predicted octanol–water partition coefficient (Wildman–Crippen LogP) is 1.17. The zero-order chi connectivity index (χ0) is 15.5. The van der Waals surface area contributed by atoms with Crippen molar-refractivity contribution in [1.82, 2.24) is 9.88 Å². The SMILES string of the molecule is CO[C@H]1C[C@@H](C(=O)N2CCCC2)N(c2ccc(C#N)nc2)C1. The smallest absolute Gasteiger partial charge is 0.245 e. The van der Waals surface area contributed by atoms with Crippen molar-refractivity contribution in [2.24, 2.45) is 0 Å². The molecular weight excluding hydrogens is 280 g/mol. The minimum Gasteiger partial charge on any atom is -0.380 e. The number of hydrogen-bond donors (Lipinski definition) is 0. The Labute approximate surface area is 130 Å². The van der Waals surface area contributed by atoms with Gasteiger partial charge in [0.2, 0.25) is 5.91 Å². The third-order valence-corrected chi connectivity index (χ3v) is 4.49. The summed E-state index contributed by atoms with van der Waals surface area (Å²) in [4.78, 5) is 20.9. The molecule has 116 valence electrons. The fourth-order valence-corrected chi connectivity index (χ4v) is 3.26. The van der Waals surface area contributed by atoms with Gasteiger partial charge in [0.15, 0.2) is 0 Å². The van der Waals surface area contributed by atoms with Crippen LogP contribution in [0.1, 0.15) is 25.0 Å². The van der Waals surface area contributed by atoms with E-state index in [4.69, 9.17) is 10.00 Å². The summed E-state index contributed by atoms with van der Waals surface area (Å²) in [5.41, 5.74) is 1.25. The molecule has 0 saturated carbocycles. The van der Waals surface area contributed by atoms with E-state index in [1.54, 1.807) is 19.4 Å². The maximum Gasteiger partial charge on any atom is 0.245 e. The molecule has 3 heterocycles. The molecule has 0 unspecified atom stereocenters. The average molecular weight is 300 g/mol. The molecule has 0 aromatic carbocycles. The lowest BCUT2D eigenvalue weighted by Gasteiger charge is -2.28. The van der Waals surface area contributed by atoms with Gasteiger partial charge in [0.25, 0.3) is 0 Å². The number of aromatic nitrogens is 1. The summed E-state index contributed by atoms with van der Waals surface area (Å²) >= 11 is 0. The lowest BCUT2D eigenvalue weighted by Crippen LogP contribution is -2.44. The van der Waals surface area contributed by atoms with Crippen LogP contribution in [0.5, 0.6) is 0 Å². The fourth-order valence-electron chi connectivity index (χ4n) is 3.26. The Morgan fingerprint density at radius 3 is 2.77 bits per heavy atom. The van der Waals surface area contributed by atoms with Gasteiger partial charge in [0.05, 0.1) is 18.0 Å². The van der Waals surface area contributed by atoms with Crippen LogP contribution in [0.2, 0.25) is 0 Å². The zero-order valence-electron chi connectivity index (χ0n) is 12.7. The van der Waals surface area contributed by atoms with Gasteiger partial charge in [-0.2, -0.15) is 5.26 Å². The molecule has 1 amide bonds. The second kappa shape index (κ2) is 6.32. The summed E-state index contributed by atoms with van der Waals surface area (Å²) in [5, 5.41) is 8.85. The van der Waals surface area contributed by atoms with E-state index in [0.29, 0.717) is 18.7 Å². The van der Waals surface area contributed by atoms with Crippen LogP contribution in [0.15, 0.2) is 18.3 Å². The number of nitrogens with zero attached hydrogens (tertiary/aromatic N) is 4. The van der Waals surface area contributed by atoms with Gasteiger partial charge in [0.1, 0.15) is 17.8 Å². The summed E-state index contributed by atoms with van der Waals surface area (Å²) < 4.78 is 5.47. The molecule has 2 atom stereocenters. The molecule has 2 saturated heterocycles. The topological polar surface area (TPSA) is 69.5 Å². The first kappa shape index (κ1) is 14.8. The lowest BCUT2D eigenvalue weighted by molar-refractivity contribution is -0.131. The Balaban J connectivity index is 1.82. The number of likely N-dealkylation sites (tertiary alicyclic amines) is 1. The molecule has 0 aliphatic carbocycles. The maximum atomic E-state index is 12.8. The number of pyridine rings is 1. The number of ether oxygens (including phenoxy) is 1. The zero-order valence-corrected chi connectivity index (χ0v) is 12.7. The Bertz CT molecular complexity index is 575. The number of anilines is 1.